The van der Waals surface area contributed by atoms with Crippen LogP contribution >= 0.6 is 0 Å². The Hall–Kier alpha value is -1.84. The highest BCUT2D eigenvalue weighted by atomic mass is 16.3. The van der Waals surface area contributed by atoms with E-state index in [2.05, 4.69) is 10.3 Å². The second-order valence-electron chi connectivity index (χ2n) is 4.41. The van der Waals surface area contributed by atoms with Crippen LogP contribution in [0.5, 0.6) is 0 Å². The molecule has 0 bridgehead atoms. The molecule has 2 aliphatic rings. The normalized spacial score (nSPS) is 26.4. The zero-order valence-corrected chi connectivity index (χ0v) is 9.53. The van der Waals surface area contributed by atoms with Gasteiger partial charge in [0, 0.05) is 0 Å². The summed E-state index contributed by atoms with van der Waals surface area (Å²) in [6.07, 6.45) is 5.20. The van der Waals surface area contributed by atoms with Crippen molar-refractivity contribution in [3.8, 4) is 0 Å². The average Bonchev–Trinajstić information content (AvgIpc) is 3.03. The van der Waals surface area contributed by atoms with E-state index in [-0.39, 0.29) is 11.7 Å². The third-order valence-electron chi connectivity index (χ3n) is 3.30. The summed E-state index contributed by atoms with van der Waals surface area (Å²) in [6, 6.07) is 3.70. The fourth-order valence-corrected chi connectivity index (χ4v) is 2.45. The van der Waals surface area contributed by atoms with Crippen molar-refractivity contribution in [1.82, 2.24) is 5.32 Å². The van der Waals surface area contributed by atoms with Crippen LogP contribution in [0.25, 0.3) is 6.08 Å². The van der Waals surface area contributed by atoms with Crippen LogP contribution in [0, 0.1) is 5.92 Å². The summed E-state index contributed by atoms with van der Waals surface area (Å²) in [7, 11) is 0. The van der Waals surface area contributed by atoms with E-state index in [0.717, 1.165) is 43.1 Å². The quantitative estimate of drug-likeness (QED) is 0.689. The molecular weight excluding hydrogens is 216 g/mol. The lowest BCUT2D eigenvalue weighted by molar-refractivity contribution is -0.446. The third kappa shape index (κ3) is 1.90. The smallest absolute Gasteiger partial charge is 0.253 e. The Balaban J connectivity index is 1.80. The van der Waals surface area contributed by atoms with Crippen molar-refractivity contribution < 1.29 is 14.2 Å². The monoisotopic (exact) mass is 231 g/mol. The standard InChI is InChI=1S/C13H14N2O2/c16-12-9(8-10-2-1-7-17-10)3-4-11(12)13-14-5-6-15-13/h1-2,7-8,11H,3-6H2,(H,14,15)/p+1/b9-8+/t11-/m1/s1. The lowest BCUT2D eigenvalue weighted by atomic mass is 10.0. The molecule has 2 N–H and O–H groups in total. The van der Waals surface area contributed by atoms with Crippen molar-refractivity contribution in [2.24, 2.45) is 5.92 Å². The summed E-state index contributed by atoms with van der Waals surface area (Å²) in [4.78, 5) is 15.5. The molecule has 3 rings (SSSR count). The number of hydrogen-bond donors (Lipinski definition) is 2. The summed E-state index contributed by atoms with van der Waals surface area (Å²) < 4.78 is 5.24. The zero-order chi connectivity index (χ0) is 11.7. The van der Waals surface area contributed by atoms with Gasteiger partial charge in [0.25, 0.3) is 5.84 Å². The van der Waals surface area contributed by atoms with Crippen molar-refractivity contribution in [3.63, 3.8) is 0 Å². The topological polar surface area (TPSA) is 56.2 Å². The Morgan fingerprint density at radius 2 is 2.47 bits per heavy atom. The molecule has 88 valence electrons. The summed E-state index contributed by atoms with van der Waals surface area (Å²) in [5.74, 6) is 1.97. The molecule has 0 unspecified atom stereocenters. The first-order valence-corrected chi connectivity index (χ1v) is 5.97. The van der Waals surface area contributed by atoms with Gasteiger partial charge in [-0.25, -0.2) is 0 Å². The van der Waals surface area contributed by atoms with Crippen LogP contribution < -0.4 is 10.3 Å². The molecule has 1 fully saturated rings. The average molecular weight is 231 g/mol. The number of allylic oxidation sites excluding steroid dienone is 1. The van der Waals surface area contributed by atoms with Gasteiger partial charge in [0.15, 0.2) is 5.78 Å². The maximum atomic E-state index is 12.2. The van der Waals surface area contributed by atoms with Crippen LogP contribution in [0.4, 0.5) is 0 Å². The molecule has 0 aromatic carbocycles. The summed E-state index contributed by atoms with van der Waals surface area (Å²) in [5.41, 5.74) is 0.868. The molecule has 1 aromatic rings. The van der Waals surface area contributed by atoms with Crippen molar-refractivity contribution in [1.29, 1.82) is 0 Å². The molecule has 1 atom stereocenters. The van der Waals surface area contributed by atoms with Gasteiger partial charge in [0.2, 0.25) is 0 Å². The van der Waals surface area contributed by atoms with Crippen LogP contribution in [0.1, 0.15) is 18.6 Å². The van der Waals surface area contributed by atoms with E-state index in [1.807, 2.05) is 18.2 Å². The van der Waals surface area contributed by atoms with Crippen LogP contribution in [0.2, 0.25) is 0 Å². The zero-order valence-electron chi connectivity index (χ0n) is 9.53. The number of ketones is 1. The fourth-order valence-electron chi connectivity index (χ4n) is 2.45. The maximum absolute atomic E-state index is 12.2. The minimum Gasteiger partial charge on any atom is -0.465 e. The van der Waals surface area contributed by atoms with Gasteiger partial charge in [0.05, 0.1) is 6.26 Å². The largest absolute Gasteiger partial charge is 0.465 e. The summed E-state index contributed by atoms with van der Waals surface area (Å²) in [5, 5.41) is 3.24. The van der Waals surface area contributed by atoms with E-state index in [0.29, 0.717) is 0 Å². The Labute approximate surface area is 99.4 Å². The highest BCUT2D eigenvalue weighted by Crippen LogP contribution is 2.28. The molecule has 0 amide bonds. The number of hydrogen-bond acceptors (Lipinski definition) is 3. The van der Waals surface area contributed by atoms with Gasteiger partial charge in [-0.15, -0.1) is 0 Å². The predicted octanol–water partition coefficient (Wildman–Crippen LogP) is -0.276. The molecule has 4 nitrogen and oxygen atoms in total. The minimum atomic E-state index is -0.00119. The van der Waals surface area contributed by atoms with Gasteiger partial charge in [-0.2, -0.15) is 0 Å². The van der Waals surface area contributed by atoms with Crippen LogP contribution in [0.3, 0.4) is 0 Å². The lowest BCUT2D eigenvalue weighted by Gasteiger charge is -2.01. The number of Topliss-reactive ketones (excluding diaryl/α,β-unsaturated/α-hetero) is 1. The second-order valence-corrected chi connectivity index (χ2v) is 4.41. The highest BCUT2D eigenvalue weighted by molar-refractivity contribution is 6.13. The molecule has 1 aliphatic carbocycles. The number of carbonyl (C=O) groups excluding carboxylic acids is 1. The molecule has 17 heavy (non-hydrogen) atoms. The minimum absolute atomic E-state index is 0.00119. The van der Waals surface area contributed by atoms with E-state index < -0.39 is 0 Å². The Morgan fingerprint density at radius 1 is 1.53 bits per heavy atom. The van der Waals surface area contributed by atoms with Crippen molar-refractivity contribution in [2.75, 3.05) is 13.1 Å². The molecule has 1 aliphatic heterocycles. The second kappa shape index (κ2) is 4.20. The van der Waals surface area contributed by atoms with Crippen molar-refractivity contribution in [2.45, 2.75) is 12.8 Å². The molecule has 0 radical (unpaired) electrons. The van der Waals surface area contributed by atoms with Gasteiger partial charge in [0.1, 0.15) is 24.8 Å². The molecule has 0 spiro atoms. The van der Waals surface area contributed by atoms with E-state index in [4.69, 9.17) is 4.42 Å². The summed E-state index contributed by atoms with van der Waals surface area (Å²) >= 11 is 0. The first kappa shape index (κ1) is 10.3. The van der Waals surface area contributed by atoms with Gasteiger partial charge in [-0.1, -0.05) is 0 Å². The molecule has 4 heteroatoms. The number of rotatable bonds is 2. The Kier molecular flexibility index (Phi) is 2.55. The van der Waals surface area contributed by atoms with Crippen molar-refractivity contribution in [3.05, 3.63) is 29.7 Å². The van der Waals surface area contributed by atoms with E-state index in [1.165, 1.54) is 0 Å². The molecule has 0 saturated heterocycles. The van der Waals surface area contributed by atoms with Crippen LogP contribution in [-0.2, 0) is 4.79 Å². The number of carbonyl (C=O) groups is 1. The van der Waals surface area contributed by atoms with Crippen molar-refractivity contribution >= 4 is 17.7 Å². The van der Waals surface area contributed by atoms with E-state index >= 15 is 0 Å². The number of amidine groups is 1. The third-order valence-corrected chi connectivity index (χ3v) is 3.30. The van der Waals surface area contributed by atoms with Gasteiger partial charge >= 0.3 is 0 Å². The Morgan fingerprint density at radius 3 is 3.18 bits per heavy atom. The highest BCUT2D eigenvalue weighted by Gasteiger charge is 2.37. The number of furan rings is 1. The number of nitrogens with one attached hydrogen (secondary N) is 2. The molecule has 1 aromatic heterocycles. The molecular formula is C13H15N2O2+. The predicted molar refractivity (Wildman–Crippen MR) is 63.3 cm³/mol. The maximum Gasteiger partial charge on any atom is 0.253 e. The van der Waals surface area contributed by atoms with Gasteiger partial charge in [-0.05, 0) is 36.6 Å². The SMILES string of the molecule is O=C1/C(=C/c2ccco2)CC[C@H]1C1=[NH+]CCN1. The molecule has 1 saturated carbocycles. The van der Waals surface area contributed by atoms with E-state index in [9.17, 15) is 4.79 Å². The van der Waals surface area contributed by atoms with Crippen LogP contribution in [-0.4, -0.2) is 24.7 Å². The van der Waals surface area contributed by atoms with E-state index in [1.54, 1.807) is 6.26 Å². The van der Waals surface area contributed by atoms with Crippen LogP contribution in [0.15, 0.2) is 28.4 Å². The first-order valence-electron chi connectivity index (χ1n) is 5.97. The van der Waals surface area contributed by atoms with Gasteiger partial charge in [-0.3, -0.25) is 15.1 Å². The lowest BCUT2D eigenvalue weighted by Crippen LogP contribution is -2.72. The molecule has 2 heterocycles. The fraction of sp³-hybridized carbons (Fsp3) is 0.385. The summed E-state index contributed by atoms with van der Waals surface area (Å²) in [6.45, 7) is 1.83. The van der Waals surface area contributed by atoms with Gasteiger partial charge < -0.3 is 4.42 Å². The first-order chi connectivity index (χ1) is 8.34. The Bertz CT molecular complexity index is 486.